The number of aromatic hydroxyl groups is 1. The van der Waals surface area contributed by atoms with Gasteiger partial charge in [0, 0.05) is 13.1 Å². The van der Waals surface area contributed by atoms with E-state index in [1.807, 2.05) is 6.07 Å². The highest BCUT2D eigenvalue weighted by Gasteiger charge is 2.10. The third kappa shape index (κ3) is 3.78. The lowest BCUT2D eigenvalue weighted by Gasteiger charge is -2.11. The number of methoxy groups -OCH3 is 1. The molecule has 2 aromatic rings. The van der Waals surface area contributed by atoms with Crippen molar-refractivity contribution in [3.63, 3.8) is 0 Å². The van der Waals surface area contributed by atoms with Gasteiger partial charge in [-0.3, -0.25) is 0 Å². The van der Waals surface area contributed by atoms with E-state index in [1.54, 1.807) is 30.3 Å². The van der Waals surface area contributed by atoms with Crippen LogP contribution in [0, 0.1) is 0 Å². The van der Waals surface area contributed by atoms with E-state index in [0.29, 0.717) is 23.3 Å². The number of phenols is 1. The molecule has 0 amide bonds. The summed E-state index contributed by atoms with van der Waals surface area (Å²) in [5.74, 6) is -0.440. The molecule has 2 aromatic carbocycles. The van der Waals surface area contributed by atoms with Crippen LogP contribution < -0.4 is 10.1 Å². The third-order valence-electron chi connectivity index (χ3n) is 3.22. The van der Waals surface area contributed by atoms with Crippen molar-refractivity contribution in [1.29, 1.82) is 0 Å². The van der Waals surface area contributed by atoms with Crippen LogP contribution in [0.15, 0.2) is 40.9 Å². The number of aromatic carboxylic acids is 1. The topological polar surface area (TPSA) is 78.8 Å². The normalized spacial score (nSPS) is 10.5. The lowest BCUT2D eigenvalue weighted by molar-refractivity contribution is 0.0697. The number of carboxylic acid groups (broad SMARTS) is 1. The molecule has 0 atom stereocenters. The molecule has 0 spiro atoms. The molecule has 2 rings (SSSR count). The van der Waals surface area contributed by atoms with Crippen molar-refractivity contribution in [3.8, 4) is 11.5 Å². The van der Waals surface area contributed by atoms with E-state index in [9.17, 15) is 9.90 Å². The van der Waals surface area contributed by atoms with Gasteiger partial charge in [-0.25, -0.2) is 4.79 Å². The van der Waals surface area contributed by atoms with Crippen LogP contribution in [0.5, 0.6) is 11.5 Å². The summed E-state index contributed by atoms with van der Waals surface area (Å²) in [6, 6.07) is 10.3. The molecule has 0 fully saturated rings. The Morgan fingerprint density at radius 2 is 1.86 bits per heavy atom. The number of rotatable bonds is 6. The van der Waals surface area contributed by atoms with Crippen molar-refractivity contribution in [2.45, 2.75) is 13.1 Å². The maximum absolute atomic E-state index is 10.8. The van der Waals surface area contributed by atoms with Crippen molar-refractivity contribution in [3.05, 3.63) is 57.6 Å². The number of phenolic OH excluding ortho intramolecular Hbond substituents is 1. The van der Waals surface area contributed by atoms with Crippen molar-refractivity contribution in [1.82, 2.24) is 5.32 Å². The SMILES string of the molecule is COc1ccc(CNCc2ccc(C(=O)O)cc2)c(Br)c1O. The van der Waals surface area contributed by atoms with Gasteiger partial charge in [0.25, 0.3) is 0 Å². The number of ether oxygens (including phenoxy) is 1. The average molecular weight is 366 g/mol. The molecule has 6 heteroatoms. The zero-order chi connectivity index (χ0) is 16.1. The van der Waals surface area contributed by atoms with E-state index in [-0.39, 0.29) is 11.3 Å². The first-order valence-electron chi connectivity index (χ1n) is 6.60. The molecule has 116 valence electrons. The summed E-state index contributed by atoms with van der Waals surface area (Å²) in [5.41, 5.74) is 2.16. The second-order valence-electron chi connectivity index (χ2n) is 4.70. The Kier molecular flexibility index (Phi) is 5.41. The van der Waals surface area contributed by atoms with Gasteiger partial charge in [0.15, 0.2) is 11.5 Å². The minimum absolute atomic E-state index is 0.0765. The maximum Gasteiger partial charge on any atom is 0.335 e. The predicted octanol–water partition coefficient (Wildman–Crippen LogP) is 3.15. The van der Waals surface area contributed by atoms with E-state index >= 15 is 0 Å². The van der Waals surface area contributed by atoms with Crippen molar-refractivity contribution in [2.24, 2.45) is 0 Å². The molecule has 0 aliphatic carbocycles. The number of carboxylic acids is 1. The van der Waals surface area contributed by atoms with Gasteiger partial charge in [0.1, 0.15) is 0 Å². The number of hydrogen-bond donors (Lipinski definition) is 3. The number of carbonyl (C=O) groups is 1. The highest BCUT2D eigenvalue weighted by molar-refractivity contribution is 9.10. The summed E-state index contributed by atoms with van der Waals surface area (Å²) >= 11 is 3.35. The summed E-state index contributed by atoms with van der Waals surface area (Å²) in [7, 11) is 1.50. The monoisotopic (exact) mass is 365 g/mol. The van der Waals surface area contributed by atoms with E-state index in [2.05, 4.69) is 21.2 Å². The maximum atomic E-state index is 10.8. The molecule has 0 aliphatic heterocycles. The highest BCUT2D eigenvalue weighted by Crippen LogP contribution is 2.36. The minimum atomic E-state index is -0.933. The molecule has 0 heterocycles. The van der Waals surface area contributed by atoms with Crippen LogP contribution in [-0.4, -0.2) is 23.3 Å². The van der Waals surface area contributed by atoms with Gasteiger partial charge >= 0.3 is 5.97 Å². The minimum Gasteiger partial charge on any atom is -0.503 e. The van der Waals surface area contributed by atoms with E-state index in [0.717, 1.165) is 11.1 Å². The molecule has 0 unspecified atom stereocenters. The Morgan fingerprint density at radius 3 is 2.45 bits per heavy atom. The van der Waals surface area contributed by atoms with Crippen LogP contribution in [0.4, 0.5) is 0 Å². The fourth-order valence-corrected chi connectivity index (χ4v) is 2.46. The molecule has 22 heavy (non-hydrogen) atoms. The van der Waals surface area contributed by atoms with E-state index < -0.39 is 5.97 Å². The second kappa shape index (κ2) is 7.29. The first kappa shape index (κ1) is 16.3. The molecule has 0 saturated heterocycles. The van der Waals surface area contributed by atoms with Crippen molar-refractivity contribution >= 4 is 21.9 Å². The first-order valence-corrected chi connectivity index (χ1v) is 7.39. The molecular weight excluding hydrogens is 350 g/mol. The zero-order valence-corrected chi connectivity index (χ0v) is 13.6. The number of nitrogens with one attached hydrogen (secondary N) is 1. The Bertz CT molecular complexity index is 671. The van der Waals surface area contributed by atoms with Crippen LogP contribution in [0.3, 0.4) is 0 Å². The third-order valence-corrected chi connectivity index (χ3v) is 4.11. The zero-order valence-electron chi connectivity index (χ0n) is 12.0. The van der Waals surface area contributed by atoms with Crippen LogP contribution in [0.25, 0.3) is 0 Å². The average Bonchev–Trinajstić information content (AvgIpc) is 2.52. The van der Waals surface area contributed by atoms with Crippen LogP contribution >= 0.6 is 15.9 Å². The Morgan fingerprint density at radius 1 is 1.18 bits per heavy atom. The summed E-state index contributed by atoms with van der Waals surface area (Å²) in [6.07, 6.45) is 0. The Labute approximate surface area is 136 Å². The smallest absolute Gasteiger partial charge is 0.335 e. The Balaban J connectivity index is 1.96. The number of benzene rings is 2. The largest absolute Gasteiger partial charge is 0.503 e. The second-order valence-corrected chi connectivity index (χ2v) is 5.49. The van der Waals surface area contributed by atoms with Crippen LogP contribution in [0.1, 0.15) is 21.5 Å². The highest BCUT2D eigenvalue weighted by atomic mass is 79.9. The van der Waals surface area contributed by atoms with Gasteiger partial charge in [-0.1, -0.05) is 18.2 Å². The van der Waals surface area contributed by atoms with Crippen molar-refractivity contribution in [2.75, 3.05) is 7.11 Å². The van der Waals surface area contributed by atoms with Gasteiger partial charge in [-0.2, -0.15) is 0 Å². The molecule has 0 aromatic heterocycles. The fourth-order valence-electron chi connectivity index (χ4n) is 2.00. The first-order chi connectivity index (χ1) is 10.5. The molecule has 0 aliphatic rings. The van der Waals surface area contributed by atoms with Gasteiger partial charge in [-0.15, -0.1) is 0 Å². The quantitative estimate of drug-likeness (QED) is 0.732. The molecular formula is C16H16BrNO4. The number of hydrogen-bond acceptors (Lipinski definition) is 4. The molecule has 0 saturated carbocycles. The Hall–Kier alpha value is -2.05. The summed E-state index contributed by atoms with van der Waals surface area (Å²) in [6.45, 7) is 1.15. The van der Waals surface area contributed by atoms with Gasteiger partial charge in [0.05, 0.1) is 17.1 Å². The number of halogens is 1. The lowest BCUT2D eigenvalue weighted by Crippen LogP contribution is -2.13. The fraction of sp³-hybridized carbons (Fsp3) is 0.188. The lowest BCUT2D eigenvalue weighted by atomic mass is 10.1. The van der Waals surface area contributed by atoms with Gasteiger partial charge in [0.2, 0.25) is 0 Å². The van der Waals surface area contributed by atoms with Crippen molar-refractivity contribution < 1.29 is 19.7 Å². The van der Waals surface area contributed by atoms with Crippen LogP contribution in [0.2, 0.25) is 0 Å². The standard InChI is InChI=1S/C16H16BrNO4/c1-22-13-7-6-12(14(17)15(13)19)9-18-8-10-2-4-11(5-3-10)16(20)21/h2-7,18-19H,8-9H2,1H3,(H,20,21). The predicted molar refractivity (Wildman–Crippen MR) is 86.3 cm³/mol. The van der Waals surface area contributed by atoms with Crippen LogP contribution in [-0.2, 0) is 13.1 Å². The summed E-state index contributed by atoms with van der Waals surface area (Å²) in [4.78, 5) is 10.8. The summed E-state index contributed by atoms with van der Waals surface area (Å²) < 4.78 is 5.63. The molecule has 5 nitrogen and oxygen atoms in total. The molecule has 0 radical (unpaired) electrons. The summed E-state index contributed by atoms with van der Waals surface area (Å²) in [5, 5.41) is 22.0. The molecule has 3 N–H and O–H groups in total. The van der Waals surface area contributed by atoms with E-state index in [4.69, 9.17) is 9.84 Å². The van der Waals surface area contributed by atoms with Gasteiger partial charge < -0.3 is 20.3 Å². The molecule has 0 bridgehead atoms. The van der Waals surface area contributed by atoms with Gasteiger partial charge in [-0.05, 0) is 45.3 Å². The van der Waals surface area contributed by atoms with E-state index in [1.165, 1.54) is 7.11 Å².